The summed E-state index contributed by atoms with van der Waals surface area (Å²) in [7, 11) is 0. The summed E-state index contributed by atoms with van der Waals surface area (Å²) in [5.74, 6) is -1.38. The molecular formula is C7H9N3O3S. The lowest BCUT2D eigenvalue weighted by Crippen LogP contribution is -2.53. The summed E-state index contributed by atoms with van der Waals surface area (Å²) < 4.78 is 0. The van der Waals surface area contributed by atoms with E-state index in [9.17, 15) is 14.4 Å². The summed E-state index contributed by atoms with van der Waals surface area (Å²) in [4.78, 5) is 34.3. The smallest absolute Gasteiger partial charge is 0.246 e. The van der Waals surface area contributed by atoms with E-state index < -0.39 is 17.7 Å². The molecule has 0 aromatic rings. The van der Waals surface area contributed by atoms with Gasteiger partial charge < -0.3 is 10.6 Å². The molecule has 1 fully saturated rings. The van der Waals surface area contributed by atoms with Crippen molar-refractivity contribution in [3.05, 3.63) is 0 Å². The van der Waals surface area contributed by atoms with E-state index in [-0.39, 0.29) is 24.5 Å². The molecule has 1 heterocycles. The van der Waals surface area contributed by atoms with Crippen molar-refractivity contribution in [2.75, 3.05) is 13.1 Å². The largest absolute Gasteiger partial charge is 0.393 e. The number of amides is 3. The van der Waals surface area contributed by atoms with Gasteiger partial charge in [-0.1, -0.05) is 12.2 Å². The van der Waals surface area contributed by atoms with Crippen molar-refractivity contribution < 1.29 is 14.4 Å². The number of imide groups is 1. The van der Waals surface area contributed by atoms with Gasteiger partial charge >= 0.3 is 0 Å². The summed E-state index contributed by atoms with van der Waals surface area (Å²) >= 11 is 4.54. The molecule has 0 aliphatic carbocycles. The Morgan fingerprint density at radius 1 is 1.43 bits per heavy atom. The Balaban J connectivity index is 2.59. The third-order valence-corrected chi connectivity index (χ3v) is 1.77. The standard InChI is InChI=1S/C7H9N3O3S/c8-4(14)1-7(13)10-2-5(11)9-6(12)3-10/h1-3H2,(H2,8,14)(H,9,11,12). The molecule has 3 amide bonds. The van der Waals surface area contributed by atoms with E-state index in [1.165, 1.54) is 0 Å². The Hall–Kier alpha value is -1.50. The fraction of sp³-hybridized carbons (Fsp3) is 0.429. The molecule has 1 aliphatic heterocycles. The van der Waals surface area contributed by atoms with Crippen molar-refractivity contribution in [3.8, 4) is 0 Å². The summed E-state index contributed by atoms with van der Waals surface area (Å²) in [6.07, 6.45) is -0.115. The van der Waals surface area contributed by atoms with Crippen LogP contribution in [0.4, 0.5) is 0 Å². The summed E-state index contributed by atoms with van der Waals surface area (Å²) in [5.41, 5.74) is 5.17. The van der Waals surface area contributed by atoms with Crippen LogP contribution in [-0.4, -0.2) is 40.7 Å². The second-order valence-electron chi connectivity index (χ2n) is 2.86. The minimum atomic E-state index is -0.488. The quantitative estimate of drug-likeness (QED) is 0.416. The van der Waals surface area contributed by atoms with Crippen LogP contribution in [-0.2, 0) is 14.4 Å². The van der Waals surface area contributed by atoms with Gasteiger partial charge in [0.05, 0.1) is 11.4 Å². The van der Waals surface area contributed by atoms with Gasteiger partial charge in [0.2, 0.25) is 17.7 Å². The van der Waals surface area contributed by atoms with Crippen LogP contribution < -0.4 is 11.1 Å². The van der Waals surface area contributed by atoms with Gasteiger partial charge in [-0.05, 0) is 0 Å². The molecule has 0 spiro atoms. The summed E-state index contributed by atoms with van der Waals surface area (Å²) in [5, 5.41) is 2.08. The van der Waals surface area contributed by atoms with Gasteiger partial charge in [-0.3, -0.25) is 19.7 Å². The number of hydrogen-bond donors (Lipinski definition) is 2. The van der Waals surface area contributed by atoms with Crippen molar-refractivity contribution in [1.82, 2.24) is 10.2 Å². The molecule has 0 bridgehead atoms. The number of carbonyl (C=O) groups excluding carboxylic acids is 3. The number of rotatable bonds is 2. The lowest BCUT2D eigenvalue weighted by atomic mass is 10.3. The average Bonchev–Trinajstić information content (AvgIpc) is 2.00. The third kappa shape index (κ3) is 2.77. The Morgan fingerprint density at radius 2 is 1.93 bits per heavy atom. The zero-order valence-electron chi connectivity index (χ0n) is 7.28. The number of nitrogens with two attached hydrogens (primary N) is 1. The topological polar surface area (TPSA) is 92.5 Å². The molecule has 1 aliphatic rings. The normalized spacial score (nSPS) is 16.4. The summed E-state index contributed by atoms with van der Waals surface area (Å²) in [6.45, 7) is -0.236. The van der Waals surface area contributed by atoms with Gasteiger partial charge in [-0.2, -0.15) is 0 Å². The highest BCUT2D eigenvalue weighted by Gasteiger charge is 2.26. The first-order valence-electron chi connectivity index (χ1n) is 3.88. The van der Waals surface area contributed by atoms with E-state index in [0.29, 0.717) is 0 Å². The molecule has 0 aromatic carbocycles. The Labute approximate surface area is 85.4 Å². The zero-order chi connectivity index (χ0) is 10.7. The number of hydrogen-bond acceptors (Lipinski definition) is 4. The molecule has 76 valence electrons. The van der Waals surface area contributed by atoms with Crippen molar-refractivity contribution in [2.24, 2.45) is 5.73 Å². The van der Waals surface area contributed by atoms with E-state index in [4.69, 9.17) is 5.73 Å². The molecule has 7 heteroatoms. The Morgan fingerprint density at radius 3 is 2.36 bits per heavy atom. The second-order valence-corrected chi connectivity index (χ2v) is 3.39. The molecule has 0 radical (unpaired) electrons. The molecule has 0 aromatic heterocycles. The Bertz CT molecular complexity index is 299. The zero-order valence-corrected chi connectivity index (χ0v) is 8.10. The first kappa shape index (κ1) is 10.6. The maximum absolute atomic E-state index is 11.3. The van der Waals surface area contributed by atoms with Crippen molar-refractivity contribution in [3.63, 3.8) is 0 Å². The van der Waals surface area contributed by atoms with Crippen LogP contribution in [0.1, 0.15) is 6.42 Å². The molecule has 0 saturated carbocycles. The van der Waals surface area contributed by atoms with Gasteiger partial charge in [0, 0.05) is 0 Å². The first-order chi connectivity index (χ1) is 6.49. The fourth-order valence-corrected chi connectivity index (χ4v) is 1.20. The van der Waals surface area contributed by atoms with Crippen molar-refractivity contribution >= 4 is 34.9 Å². The molecule has 6 nitrogen and oxygen atoms in total. The van der Waals surface area contributed by atoms with E-state index in [2.05, 4.69) is 17.5 Å². The van der Waals surface area contributed by atoms with Gasteiger partial charge in [0.25, 0.3) is 0 Å². The van der Waals surface area contributed by atoms with Crippen LogP contribution >= 0.6 is 12.2 Å². The fourth-order valence-electron chi connectivity index (χ4n) is 1.07. The van der Waals surface area contributed by atoms with Crippen LogP contribution in [0.25, 0.3) is 0 Å². The number of nitrogens with zero attached hydrogens (tertiary/aromatic N) is 1. The number of piperazine rings is 1. The number of carbonyl (C=O) groups is 3. The minimum absolute atomic E-state index is 0.0495. The van der Waals surface area contributed by atoms with Crippen LogP contribution in [0.2, 0.25) is 0 Å². The molecule has 3 N–H and O–H groups in total. The molecule has 0 unspecified atom stereocenters. The first-order valence-corrected chi connectivity index (χ1v) is 4.28. The number of nitrogens with one attached hydrogen (secondary N) is 1. The maximum Gasteiger partial charge on any atom is 0.246 e. The van der Waals surface area contributed by atoms with Crippen molar-refractivity contribution in [2.45, 2.75) is 6.42 Å². The van der Waals surface area contributed by atoms with Gasteiger partial charge in [-0.25, -0.2) is 0 Å². The van der Waals surface area contributed by atoms with Crippen LogP contribution in [0, 0.1) is 0 Å². The van der Waals surface area contributed by atoms with E-state index >= 15 is 0 Å². The van der Waals surface area contributed by atoms with Crippen LogP contribution in [0.15, 0.2) is 0 Å². The van der Waals surface area contributed by atoms with E-state index in [1.807, 2.05) is 0 Å². The SMILES string of the molecule is NC(=S)CC(=O)N1CC(=O)NC(=O)C1. The molecule has 1 rings (SSSR count). The molecule has 0 atom stereocenters. The molecule has 1 saturated heterocycles. The van der Waals surface area contributed by atoms with E-state index in [0.717, 1.165) is 4.90 Å². The van der Waals surface area contributed by atoms with E-state index in [1.54, 1.807) is 0 Å². The molecular weight excluding hydrogens is 206 g/mol. The van der Waals surface area contributed by atoms with Gasteiger partial charge in [0.1, 0.15) is 13.1 Å². The summed E-state index contributed by atoms with van der Waals surface area (Å²) in [6, 6.07) is 0. The lowest BCUT2D eigenvalue weighted by molar-refractivity contribution is -0.144. The minimum Gasteiger partial charge on any atom is -0.393 e. The van der Waals surface area contributed by atoms with Crippen LogP contribution in [0.3, 0.4) is 0 Å². The maximum atomic E-state index is 11.3. The molecule has 14 heavy (non-hydrogen) atoms. The highest BCUT2D eigenvalue weighted by atomic mass is 32.1. The lowest BCUT2D eigenvalue weighted by Gasteiger charge is -2.25. The van der Waals surface area contributed by atoms with Crippen molar-refractivity contribution in [1.29, 1.82) is 0 Å². The highest BCUT2D eigenvalue weighted by Crippen LogP contribution is 1.98. The van der Waals surface area contributed by atoms with Gasteiger partial charge in [0.15, 0.2) is 0 Å². The third-order valence-electron chi connectivity index (χ3n) is 1.63. The number of thiocarbonyl (C=S) groups is 1. The predicted octanol–water partition coefficient (Wildman–Crippen LogP) is -1.85. The highest BCUT2D eigenvalue weighted by molar-refractivity contribution is 7.80. The Kier molecular flexibility index (Phi) is 3.13. The van der Waals surface area contributed by atoms with Crippen LogP contribution in [0.5, 0.6) is 0 Å². The van der Waals surface area contributed by atoms with Gasteiger partial charge in [-0.15, -0.1) is 0 Å². The predicted molar refractivity (Wildman–Crippen MR) is 51.1 cm³/mol. The second kappa shape index (κ2) is 4.14. The monoisotopic (exact) mass is 215 g/mol. The average molecular weight is 215 g/mol.